The minimum Gasteiger partial charge on any atom is -0.395 e. The van der Waals surface area contributed by atoms with Gasteiger partial charge in [0.25, 0.3) is 0 Å². The van der Waals surface area contributed by atoms with Crippen LogP contribution in [0, 0.1) is 11.8 Å². The number of ether oxygens (including phenoxy) is 1. The Morgan fingerprint density at radius 3 is 2.76 bits per heavy atom. The summed E-state index contributed by atoms with van der Waals surface area (Å²) in [6.45, 7) is 1.89. The summed E-state index contributed by atoms with van der Waals surface area (Å²) in [4.78, 5) is 0.000165. The fourth-order valence-electron chi connectivity index (χ4n) is 1.41. The van der Waals surface area contributed by atoms with Gasteiger partial charge >= 0.3 is 0 Å². The standard InChI is InChI=1S/C14H18ClNO4S/c1-11(20-2)10-16-21(18,19)14-7-6-12(9-13(14)15)5-3-4-8-17/h6-7,9,11,16-17H,4,8,10H2,1-2H3. The Kier molecular flexibility index (Phi) is 7.15. The number of sulfonamides is 1. The molecule has 0 aromatic heterocycles. The van der Waals surface area contributed by atoms with E-state index in [1.807, 2.05) is 0 Å². The molecule has 0 amide bonds. The van der Waals surface area contributed by atoms with Crippen LogP contribution in [-0.4, -0.2) is 39.9 Å². The lowest BCUT2D eigenvalue weighted by Gasteiger charge is -2.12. The molecule has 0 heterocycles. The van der Waals surface area contributed by atoms with Gasteiger partial charge in [0, 0.05) is 25.6 Å². The molecular formula is C14H18ClNO4S. The van der Waals surface area contributed by atoms with E-state index in [2.05, 4.69) is 16.6 Å². The van der Waals surface area contributed by atoms with E-state index in [0.717, 1.165) is 0 Å². The average Bonchev–Trinajstić information content (AvgIpc) is 2.45. The van der Waals surface area contributed by atoms with Crippen LogP contribution in [0.25, 0.3) is 0 Å². The van der Waals surface area contributed by atoms with Crippen molar-refractivity contribution in [3.05, 3.63) is 28.8 Å². The molecule has 7 heteroatoms. The van der Waals surface area contributed by atoms with Gasteiger partial charge in [-0.05, 0) is 25.1 Å². The Balaban J connectivity index is 2.91. The second kappa shape index (κ2) is 8.37. The zero-order valence-electron chi connectivity index (χ0n) is 11.9. The van der Waals surface area contributed by atoms with Gasteiger partial charge in [0.15, 0.2) is 0 Å². The minimum atomic E-state index is -3.69. The van der Waals surface area contributed by atoms with Crippen molar-refractivity contribution in [2.75, 3.05) is 20.3 Å². The molecule has 2 N–H and O–H groups in total. The molecule has 0 saturated heterocycles. The maximum atomic E-state index is 12.1. The third kappa shape index (κ3) is 5.65. The first-order valence-corrected chi connectivity index (χ1v) is 8.18. The molecule has 0 aliphatic carbocycles. The number of benzene rings is 1. The average molecular weight is 332 g/mol. The van der Waals surface area contributed by atoms with Crippen LogP contribution in [0.4, 0.5) is 0 Å². The second-order valence-corrected chi connectivity index (χ2v) is 6.46. The van der Waals surface area contributed by atoms with E-state index >= 15 is 0 Å². The van der Waals surface area contributed by atoms with Crippen LogP contribution in [-0.2, 0) is 14.8 Å². The van der Waals surface area contributed by atoms with Crippen molar-refractivity contribution in [1.82, 2.24) is 4.72 Å². The number of rotatable bonds is 6. The number of hydrogen-bond acceptors (Lipinski definition) is 4. The van der Waals surface area contributed by atoms with Crippen molar-refractivity contribution >= 4 is 21.6 Å². The maximum Gasteiger partial charge on any atom is 0.242 e. The molecule has 21 heavy (non-hydrogen) atoms. The van der Waals surface area contributed by atoms with Crippen molar-refractivity contribution in [2.45, 2.75) is 24.3 Å². The Hall–Kier alpha value is -1.10. The van der Waals surface area contributed by atoms with E-state index in [9.17, 15) is 8.42 Å². The van der Waals surface area contributed by atoms with Gasteiger partial charge in [-0.25, -0.2) is 13.1 Å². The second-order valence-electron chi connectivity index (χ2n) is 4.32. The zero-order valence-corrected chi connectivity index (χ0v) is 13.5. The van der Waals surface area contributed by atoms with Crippen molar-refractivity contribution in [1.29, 1.82) is 0 Å². The molecule has 0 bridgehead atoms. The number of nitrogens with one attached hydrogen (secondary N) is 1. The summed E-state index contributed by atoms with van der Waals surface area (Å²) in [5, 5.41) is 8.75. The summed E-state index contributed by atoms with van der Waals surface area (Å²) < 4.78 is 31.7. The van der Waals surface area contributed by atoms with E-state index < -0.39 is 10.0 Å². The predicted octanol–water partition coefficient (Wildman–Crippen LogP) is 1.39. The van der Waals surface area contributed by atoms with Crippen LogP contribution in [0.5, 0.6) is 0 Å². The molecule has 0 aliphatic rings. The topological polar surface area (TPSA) is 75.6 Å². The van der Waals surface area contributed by atoms with Crippen LogP contribution in [0.1, 0.15) is 18.9 Å². The van der Waals surface area contributed by atoms with E-state index in [1.165, 1.54) is 19.2 Å². The molecule has 1 unspecified atom stereocenters. The number of halogens is 1. The monoisotopic (exact) mass is 331 g/mol. The van der Waals surface area contributed by atoms with Crippen molar-refractivity contribution in [3.8, 4) is 11.8 Å². The molecule has 1 aromatic rings. The molecule has 0 aliphatic heterocycles. The van der Waals surface area contributed by atoms with Gasteiger partial charge in [-0.15, -0.1) is 0 Å². The highest BCUT2D eigenvalue weighted by Crippen LogP contribution is 2.22. The number of aliphatic hydroxyl groups is 1. The van der Waals surface area contributed by atoms with Crippen LogP contribution in [0.2, 0.25) is 5.02 Å². The third-order valence-electron chi connectivity index (χ3n) is 2.65. The first-order chi connectivity index (χ1) is 9.90. The molecule has 0 spiro atoms. The van der Waals surface area contributed by atoms with Gasteiger partial charge in [0.05, 0.1) is 17.7 Å². The van der Waals surface area contributed by atoms with Crippen LogP contribution in [0.15, 0.2) is 23.1 Å². The lowest BCUT2D eigenvalue weighted by Crippen LogP contribution is -2.31. The molecule has 0 saturated carbocycles. The lowest BCUT2D eigenvalue weighted by molar-refractivity contribution is 0.122. The largest absolute Gasteiger partial charge is 0.395 e. The molecule has 1 atom stereocenters. The summed E-state index contributed by atoms with van der Waals surface area (Å²) >= 11 is 6.01. The molecular weight excluding hydrogens is 314 g/mol. The maximum absolute atomic E-state index is 12.1. The molecule has 1 rings (SSSR count). The lowest BCUT2D eigenvalue weighted by atomic mass is 10.2. The van der Waals surface area contributed by atoms with Gasteiger partial charge in [0.1, 0.15) is 4.90 Å². The third-order valence-corrected chi connectivity index (χ3v) is 4.56. The summed E-state index contributed by atoms with van der Waals surface area (Å²) in [6, 6.07) is 4.47. The first kappa shape index (κ1) is 18.0. The normalized spacial score (nSPS) is 12.6. The highest BCUT2D eigenvalue weighted by atomic mass is 35.5. The molecule has 0 radical (unpaired) electrons. The summed E-state index contributed by atoms with van der Waals surface area (Å²) in [5.41, 5.74) is 0.595. The summed E-state index contributed by atoms with van der Waals surface area (Å²) in [7, 11) is -2.18. The van der Waals surface area contributed by atoms with Gasteiger partial charge < -0.3 is 9.84 Å². The Morgan fingerprint density at radius 1 is 1.48 bits per heavy atom. The van der Waals surface area contributed by atoms with Gasteiger partial charge in [-0.3, -0.25) is 0 Å². The predicted molar refractivity (Wildman–Crippen MR) is 81.7 cm³/mol. The van der Waals surface area contributed by atoms with E-state index in [-0.39, 0.29) is 29.2 Å². The molecule has 116 valence electrons. The van der Waals surface area contributed by atoms with E-state index in [1.54, 1.807) is 13.0 Å². The van der Waals surface area contributed by atoms with E-state index in [0.29, 0.717) is 12.0 Å². The van der Waals surface area contributed by atoms with Gasteiger partial charge in [-0.1, -0.05) is 23.4 Å². The van der Waals surface area contributed by atoms with Crippen molar-refractivity contribution < 1.29 is 18.3 Å². The van der Waals surface area contributed by atoms with Crippen molar-refractivity contribution in [3.63, 3.8) is 0 Å². The van der Waals surface area contributed by atoms with Crippen LogP contribution >= 0.6 is 11.6 Å². The smallest absolute Gasteiger partial charge is 0.242 e. The van der Waals surface area contributed by atoms with Gasteiger partial charge in [0.2, 0.25) is 10.0 Å². The first-order valence-electron chi connectivity index (χ1n) is 6.32. The fourth-order valence-corrected chi connectivity index (χ4v) is 3.06. The zero-order chi connectivity index (χ0) is 15.9. The van der Waals surface area contributed by atoms with Crippen LogP contribution < -0.4 is 4.72 Å². The minimum absolute atomic E-state index is 0.000165. The summed E-state index contributed by atoms with van der Waals surface area (Å²) in [6.07, 6.45) is 0.121. The summed E-state index contributed by atoms with van der Waals surface area (Å²) in [5.74, 6) is 5.54. The number of aliphatic hydroxyl groups excluding tert-OH is 1. The number of methoxy groups -OCH3 is 1. The molecule has 1 aromatic carbocycles. The Morgan fingerprint density at radius 2 is 2.19 bits per heavy atom. The fraction of sp³-hybridized carbons (Fsp3) is 0.429. The highest BCUT2D eigenvalue weighted by Gasteiger charge is 2.18. The quantitative estimate of drug-likeness (QED) is 0.772. The van der Waals surface area contributed by atoms with Gasteiger partial charge in [-0.2, -0.15) is 0 Å². The van der Waals surface area contributed by atoms with E-state index in [4.69, 9.17) is 21.4 Å². The SMILES string of the molecule is COC(C)CNS(=O)(=O)c1ccc(C#CCCO)cc1Cl. The molecule has 5 nitrogen and oxygen atoms in total. The highest BCUT2D eigenvalue weighted by molar-refractivity contribution is 7.89. The Labute approximate surface area is 130 Å². The number of hydrogen-bond donors (Lipinski definition) is 2. The van der Waals surface area contributed by atoms with Crippen molar-refractivity contribution in [2.24, 2.45) is 0 Å². The molecule has 0 fully saturated rings. The van der Waals surface area contributed by atoms with Crippen LogP contribution in [0.3, 0.4) is 0 Å². The Bertz CT molecular complexity index is 634.